The lowest BCUT2D eigenvalue weighted by molar-refractivity contribution is -0.122. The summed E-state index contributed by atoms with van der Waals surface area (Å²) in [5.41, 5.74) is 2.05. The van der Waals surface area contributed by atoms with Crippen molar-refractivity contribution in [3.05, 3.63) is 86.9 Å². The van der Waals surface area contributed by atoms with E-state index in [2.05, 4.69) is 26.6 Å². The molecule has 9 nitrogen and oxygen atoms in total. The number of rotatable bonds is 7. The Morgan fingerprint density at radius 3 is 2.53 bits per heavy atom. The number of hydrogen-bond donors (Lipinski definition) is 2. The van der Waals surface area contributed by atoms with E-state index in [9.17, 15) is 19.2 Å². The van der Waals surface area contributed by atoms with Gasteiger partial charge in [-0.05, 0) is 88.6 Å². The third kappa shape index (κ3) is 6.04. The number of urea groups is 1. The van der Waals surface area contributed by atoms with Crippen molar-refractivity contribution in [2.45, 2.75) is 6.92 Å². The molecule has 0 spiro atoms. The summed E-state index contributed by atoms with van der Waals surface area (Å²) in [5.74, 6) is -1.50. The molecule has 38 heavy (non-hydrogen) atoms. The van der Waals surface area contributed by atoms with E-state index in [1.54, 1.807) is 12.1 Å². The SMILES string of the molecule is COc1cc(/C=C2\C(=O)NC(=O)N(c3ccc(Cl)cc3)C2=O)cc(Br)c1OCC(=O)Nc1cccc(C)c1. The van der Waals surface area contributed by atoms with E-state index in [0.717, 1.165) is 10.5 Å². The summed E-state index contributed by atoms with van der Waals surface area (Å²) in [7, 11) is 1.41. The molecule has 4 rings (SSSR count). The number of hydrogen-bond acceptors (Lipinski definition) is 6. The Balaban J connectivity index is 1.55. The van der Waals surface area contributed by atoms with Crippen molar-refractivity contribution in [1.29, 1.82) is 0 Å². The molecule has 2 N–H and O–H groups in total. The first-order chi connectivity index (χ1) is 18.2. The molecular formula is C27H21BrClN3O6. The van der Waals surface area contributed by atoms with Gasteiger partial charge in [-0.3, -0.25) is 19.7 Å². The zero-order valence-corrected chi connectivity index (χ0v) is 22.6. The van der Waals surface area contributed by atoms with E-state index >= 15 is 0 Å². The Morgan fingerprint density at radius 1 is 1.11 bits per heavy atom. The van der Waals surface area contributed by atoms with Gasteiger partial charge in [-0.15, -0.1) is 0 Å². The lowest BCUT2D eigenvalue weighted by atomic mass is 10.1. The molecular weight excluding hydrogens is 578 g/mol. The second kappa shape index (κ2) is 11.5. The highest BCUT2D eigenvalue weighted by atomic mass is 79.9. The molecule has 5 amide bonds. The van der Waals surface area contributed by atoms with E-state index in [1.165, 1.54) is 43.5 Å². The maximum atomic E-state index is 13.1. The van der Waals surface area contributed by atoms with Crippen LogP contribution in [-0.2, 0) is 14.4 Å². The van der Waals surface area contributed by atoms with Gasteiger partial charge in [-0.1, -0.05) is 23.7 Å². The van der Waals surface area contributed by atoms with Crippen molar-refractivity contribution in [2.24, 2.45) is 0 Å². The second-order valence-electron chi connectivity index (χ2n) is 8.17. The number of amides is 5. The van der Waals surface area contributed by atoms with Crippen LogP contribution < -0.4 is 25.0 Å². The summed E-state index contributed by atoms with van der Waals surface area (Å²) < 4.78 is 11.5. The molecule has 0 bridgehead atoms. The maximum absolute atomic E-state index is 13.1. The number of nitrogens with zero attached hydrogens (tertiary/aromatic N) is 1. The van der Waals surface area contributed by atoms with Crippen LogP contribution in [0.1, 0.15) is 11.1 Å². The largest absolute Gasteiger partial charge is 0.493 e. The van der Waals surface area contributed by atoms with Crippen LogP contribution >= 0.6 is 27.5 Å². The van der Waals surface area contributed by atoms with Crippen molar-refractivity contribution in [3.63, 3.8) is 0 Å². The van der Waals surface area contributed by atoms with Gasteiger partial charge < -0.3 is 14.8 Å². The van der Waals surface area contributed by atoms with E-state index < -0.39 is 17.8 Å². The molecule has 0 saturated carbocycles. The van der Waals surface area contributed by atoms with Crippen molar-refractivity contribution >= 4 is 68.7 Å². The first kappa shape index (κ1) is 26.9. The first-order valence-electron chi connectivity index (χ1n) is 11.2. The van der Waals surface area contributed by atoms with Crippen LogP contribution in [0.5, 0.6) is 11.5 Å². The normalized spacial score (nSPS) is 14.4. The number of imide groups is 2. The van der Waals surface area contributed by atoms with Crippen molar-refractivity contribution in [3.8, 4) is 11.5 Å². The Kier molecular flexibility index (Phi) is 8.13. The monoisotopic (exact) mass is 597 g/mol. The molecule has 3 aromatic carbocycles. The zero-order valence-electron chi connectivity index (χ0n) is 20.2. The number of benzene rings is 3. The number of aryl methyl sites for hydroxylation is 1. The molecule has 1 heterocycles. The quantitative estimate of drug-likeness (QED) is 0.289. The Labute approximate surface area is 231 Å². The predicted molar refractivity (Wildman–Crippen MR) is 146 cm³/mol. The van der Waals surface area contributed by atoms with Crippen LogP contribution in [0, 0.1) is 6.92 Å². The number of carbonyl (C=O) groups excluding carboxylic acids is 4. The average Bonchev–Trinajstić information content (AvgIpc) is 2.86. The second-order valence-corrected chi connectivity index (χ2v) is 9.47. The minimum atomic E-state index is -0.870. The summed E-state index contributed by atoms with van der Waals surface area (Å²) >= 11 is 9.30. The number of ether oxygens (including phenoxy) is 2. The molecule has 0 radical (unpaired) electrons. The fourth-order valence-electron chi connectivity index (χ4n) is 3.67. The molecule has 11 heteroatoms. The molecule has 1 fully saturated rings. The Hall–Kier alpha value is -4.15. The first-order valence-corrected chi connectivity index (χ1v) is 12.4. The van der Waals surface area contributed by atoms with Gasteiger partial charge in [0.1, 0.15) is 5.57 Å². The standard InChI is InChI=1S/C27H21BrClN3O6/c1-15-4-3-5-18(10-15)30-23(33)14-38-24-21(28)12-16(13-22(24)37-2)11-20-25(34)31-27(36)32(26(20)35)19-8-6-17(29)7-9-19/h3-13H,14H2,1-2H3,(H,30,33)(H,31,34,36)/b20-11+. The summed E-state index contributed by atoms with van der Waals surface area (Å²) in [6.07, 6.45) is 1.33. The third-order valence-corrected chi connectivity index (χ3v) is 6.24. The minimum Gasteiger partial charge on any atom is -0.493 e. The highest BCUT2D eigenvalue weighted by molar-refractivity contribution is 9.10. The summed E-state index contributed by atoms with van der Waals surface area (Å²) in [6.45, 7) is 1.63. The van der Waals surface area contributed by atoms with E-state index in [0.29, 0.717) is 20.7 Å². The number of methoxy groups -OCH3 is 1. The lowest BCUT2D eigenvalue weighted by Crippen LogP contribution is -2.54. The fourth-order valence-corrected chi connectivity index (χ4v) is 4.37. The Morgan fingerprint density at radius 2 is 1.84 bits per heavy atom. The van der Waals surface area contributed by atoms with Crippen LogP contribution in [0.25, 0.3) is 6.08 Å². The van der Waals surface area contributed by atoms with Gasteiger partial charge in [0.15, 0.2) is 18.1 Å². The smallest absolute Gasteiger partial charge is 0.335 e. The van der Waals surface area contributed by atoms with Gasteiger partial charge in [0.2, 0.25) is 0 Å². The van der Waals surface area contributed by atoms with Gasteiger partial charge >= 0.3 is 6.03 Å². The van der Waals surface area contributed by atoms with E-state index in [4.69, 9.17) is 21.1 Å². The van der Waals surface area contributed by atoms with Gasteiger partial charge in [0, 0.05) is 10.7 Å². The molecule has 1 aliphatic heterocycles. The minimum absolute atomic E-state index is 0.252. The number of nitrogens with one attached hydrogen (secondary N) is 2. The third-order valence-electron chi connectivity index (χ3n) is 5.40. The summed E-state index contributed by atoms with van der Waals surface area (Å²) in [6, 6.07) is 15.7. The zero-order chi connectivity index (χ0) is 27.4. The number of carbonyl (C=O) groups is 4. The molecule has 0 aliphatic carbocycles. The molecule has 0 unspecified atom stereocenters. The molecule has 1 aliphatic rings. The molecule has 0 aromatic heterocycles. The van der Waals surface area contributed by atoms with Gasteiger partial charge in [-0.25, -0.2) is 9.69 Å². The lowest BCUT2D eigenvalue weighted by Gasteiger charge is -2.26. The molecule has 1 saturated heterocycles. The number of halogens is 2. The van der Waals surface area contributed by atoms with Gasteiger partial charge in [-0.2, -0.15) is 0 Å². The van der Waals surface area contributed by atoms with Gasteiger partial charge in [0.05, 0.1) is 17.3 Å². The number of anilines is 2. The van der Waals surface area contributed by atoms with E-state index in [1.807, 2.05) is 25.1 Å². The van der Waals surface area contributed by atoms with Gasteiger partial charge in [0.25, 0.3) is 17.7 Å². The molecule has 194 valence electrons. The van der Waals surface area contributed by atoms with E-state index in [-0.39, 0.29) is 35.3 Å². The van der Waals surface area contributed by atoms with Crippen LogP contribution in [0.15, 0.2) is 70.7 Å². The summed E-state index contributed by atoms with van der Waals surface area (Å²) in [4.78, 5) is 51.3. The highest BCUT2D eigenvalue weighted by Crippen LogP contribution is 2.37. The van der Waals surface area contributed by atoms with Crippen LogP contribution in [0.4, 0.5) is 16.2 Å². The molecule has 0 atom stereocenters. The predicted octanol–water partition coefficient (Wildman–Crippen LogP) is 5.10. The fraction of sp³-hybridized carbons (Fsp3) is 0.111. The number of barbiturate groups is 1. The van der Waals surface area contributed by atoms with Crippen LogP contribution in [0.3, 0.4) is 0 Å². The maximum Gasteiger partial charge on any atom is 0.335 e. The van der Waals surface area contributed by atoms with Crippen LogP contribution in [-0.4, -0.2) is 37.5 Å². The van der Waals surface area contributed by atoms with Crippen molar-refractivity contribution < 1.29 is 28.7 Å². The van der Waals surface area contributed by atoms with Crippen LogP contribution in [0.2, 0.25) is 5.02 Å². The van der Waals surface area contributed by atoms with Crippen molar-refractivity contribution in [2.75, 3.05) is 23.9 Å². The molecule has 3 aromatic rings. The Bertz CT molecular complexity index is 1470. The average molecular weight is 599 g/mol. The summed E-state index contributed by atoms with van der Waals surface area (Å²) in [5, 5.41) is 5.35. The highest BCUT2D eigenvalue weighted by Gasteiger charge is 2.36. The topological polar surface area (TPSA) is 114 Å². The van der Waals surface area contributed by atoms with Crippen molar-refractivity contribution in [1.82, 2.24) is 5.32 Å².